The van der Waals surface area contributed by atoms with E-state index in [4.69, 9.17) is 16.3 Å². The molecule has 0 bridgehead atoms. The van der Waals surface area contributed by atoms with Crippen molar-refractivity contribution in [2.75, 3.05) is 14.2 Å². The third kappa shape index (κ3) is 3.63. The first-order chi connectivity index (χ1) is 8.84. The Morgan fingerprint density at radius 3 is 2.47 bits per heavy atom. The molecule has 0 amide bonds. The van der Waals surface area contributed by atoms with Crippen LogP contribution in [0.15, 0.2) is 6.20 Å². The van der Waals surface area contributed by atoms with Crippen LogP contribution >= 0.6 is 11.6 Å². The Morgan fingerprint density at radius 2 is 2.05 bits per heavy atom. The molecule has 0 spiro atoms. The maximum absolute atomic E-state index is 12.2. The summed E-state index contributed by atoms with van der Waals surface area (Å²) in [5.74, 6) is -2.14. The minimum atomic E-state index is -4.91. The molecule has 0 atom stereocenters. The van der Waals surface area contributed by atoms with Gasteiger partial charge in [-0.3, -0.25) is 0 Å². The number of carbonyl (C=O) groups excluding carboxylic acids is 1. The number of esters is 1. The third-order valence-electron chi connectivity index (χ3n) is 2.04. The number of rotatable bonds is 4. The van der Waals surface area contributed by atoms with E-state index in [1.54, 1.807) is 0 Å². The Morgan fingerprint density at radius 1 is 1.42 bits per heavy atom. The fourth-order valence-electron chi connectivity index (χ4n) is 1.33. The van der Waals surface area contributed by atoms with E-state index in [1.807, 2.05) is 0 Å². The average molecular weight is 300 g/mol. The molecule has 0 aliphatic rings. The van der Waals surface area contributed by atoms with Gasteiger partial charge in [-0.05, 0) is 0 Å². The highest BCUT2D eigenvalue weighted by molar-refractivity contribution is 6.18. The van der Waals surface area contributed by atoms with Crippen LogP contribution in [0.25, 0.3) is 0 Å². The summed E-state index contributed by atoms with van der Waals surface area (Å²) in [6, 6.07) is 0. The van der Waals surface area contributed by atoms with Gasteiger partial charge in [0.05, 0.1) is 26.3 Å². The second-order valence-corrected chi connectivity index (χ2v) is 3.42. The lowest BCUT2D eigenvalue weighted by Gasteiger charge is -2.15. The van der Waals surface area contributed by atoms with Crippen LogP contribution in [0, 0.1) is 0 Å². The van der Waals surface area contributed by atoms with Crippen LogP contribution in [0.1, 0.15) is 16.1 Å². The van der Waals surface area contributed by atoms with Crippen LogP contribution in [0.4, 0.5) is 13.2 Å². The molecule has 0 aliphatic carbocycles. The average Bonchev–Trinajstić information content (AvgIpc) is 2.35. The topological polar surface area (TPSA) is 57.7 Å². The first kappa shape index (κ1) is 15.4. The van der Waals surface area contributed by atoms with Gasteiger partial charge in [-0.15, -0.1) is 24.8 Å². The van der Waals surface area contributed by atoms with Gasteiger partial charge in [0.25, 0.3) is 0 Å². The fraction of sp³-hybridized carbons (Fsp3) is 0.400. The number of ether oxygens (including phenoxy) is 3. The van der Waals surface area contributed by atoms with Crippen molar-refractivity contribution in [2.24, 2.45) is 0 Å². The van der Waals surface area contributed by atoms with Crippen LogP contribution < -0.4 is 9.47 Å². The first-order valence-corrected chi connectivity index (χ1v) is 5.33. The van der Waals surface area contributed by atoms with Crippen LogP contribution in [-0.2, 0) is 10.6 Å². The van der Waals surface area contributed by atoms with E-state index in [2.05, 4.69) is 14.5 Å². The molecule has 0 aliphatic heterocycles. The molecule has 1 aromatic heterocycles. The molecule has 106 valence electrons. The molecule has 1 heterocycles. The number of alkyl halides is 4. The summed E-state index contributed by atoms with van der Waals surface area (Å²) >= 11 is 5.60. The van der Waals surface area contributed by atoms with Crippen molar-refractivity contribution in [3.63, 3.8) is 0 Å². The number of methoxy groups -OCH3 is 2. The van der Waals surface area contributed by atoms with E-state index < -0.39 is 18.1 Å². The lowest BCUT2D eigenvalue weighted by atomic mass is 10.2. The highest BCUT2D eigenvalue weighted by Crippen LogP contribution is 2.36. The summed E-state index contributed by atoms with van der Waals surface area (Å²) in [6.07, 6.45) is -4.19. The Balaban J connectivity index is 3.34. The van der Waals surface area contributed by atoms with Crippen LogP contribution in [-0.4, -0.2) is 31.5 Å². The molecule has 5 nitrogen and oxygen atoms in total. The zero-order valence-electron chi connectivity index (χ0n) is 9.88. The second kappa shape index (κ2) is 5.96. The van der Waals surface area contributed by atoms with E-state index in [9.17, 15) is 18.0 Å². The summed E-state index contributed by atoms with van der Waals surface area (Å²) in [4.78, 5) is 14.9. The lowest BCUT2D eigenvalue weighted by Crippen LogP contribution is -2.19. The van der Waals surface area contributed by atoms with Gasteiger partial charge in [-0.2, -0.15) is 0 Å². The van der Waals surface area contributed by atoms with Crippen molar-refractivity contribution < 1.29 is 32.2 Å². The molecule has 1 aromatic rings. The van der Waals surface area contributed by atoms with Crippen LogP contribution in [0.5, 0.6) is 11.5 Å². The Labute approximate surface area is 111 Å². The molecule has 0 unspecified atom stereocenters. The van der Waals surface area contributed by atoms with Crippen molar-refractivity contribution in [1.82, 2.24) is 4.98 Å². The van der Waals surface area contributed by atoms with Gasteiger partial charge in [0.2, 0.25) is 0 Å². The number of carbonyl (C=O) groups is 1. The summed E-state index contributed by atoms with van der Waals surface area (Å²) in [7, 11) is 2.23. The SMILES string of the molecule is COC(=O)c1ncc(OC(F)(F)F)c(OC)c1CCl. The van der Waals surface area contributed by atoms with Crippen molar-refractivity contribution in [3.8, 4) is 11.5 Å². The monoisotopic (exact) mass is 299 g/mol. The maximum atomic E-state index is 12.2. The Bertz CT molecular complexity index is 479. The summed E-state index contributed by atoms with van der Waals surface area (Å²) < 4.78 is 49.5. The largest absolute Gasteiger partial charge is 0.573 e. The molecule has 0 saturated carbocycles. The zero-order chi connectivity index (χ0) is 14.6. The van der Waals surface area contributed by atoms with Gasteiger partial charge in [0.15, 0.2) is 17.2 Å². The maximum Gasteiger partial charge on any atom is 0.573 e. The predicted octanol–water partition coefficient (Wildman–Crippen LogP) is 2.51. The van der Waals surface area contributed by atoms with Gasteiger partial charge in [0.1, 0.15) is 0 Å². The third-order valence-corrected chi connectivity index (χ3v) is 2.30. The Kier molecular flexibility index (Phi) is 4.82. The molecule has 0 saturated heterocycles. The summed E-state index contributed by atoms with van der Waals surface area (Å²) in [5.41, 5.74) is -0.276. The number of halogens is 4. The number of hydrogen-bond donors (Lipinski definition) is 0. The predicted molar refractivity (Wildman–Crippen MR) is 58.4 cm³/mol. The summed E-state index contributed by atoms with van der Waals surface area (Å²) in [6.45, 7) is 0. The van der Waals surface area contributed by atoms with Gasteiger partial charge in [0, 0.05) is 5.56 Å². The van der Waals surface area contributed by atoms with Gasteiger partial charge >= 0.3 is 12.3 Å². The minimum Gasteiger partial charge on any atom is -0.492 e. The van der Waals surface area contributed by atoms with Crippen LogP contribution in [0.3, 0.4) is 0 Å². The molecule has 19 heavy (non-hydrogen) atoms. The molecular formula is C10H9ClF3NO4. The number of aromatic nitrogens is 1. The molecule has 0 N–H and O–H groups in total. The van der Waals surface area contributed by atoms with E-state index in [0.717, 1.165) is 14.2 Å². The zero-order valence-corrected chi connectivity index (χ0v) is 10.6. The Hall–Kier alpha value is -1.70. The van der Waals surface area contributed by atoms with E-state index >= 15 is 0 Å². The fourth-order valence-corrected chi connectivity index (χ4v) is 1.58. The molecule has 1 rings (SSSR count). The highest BCUT2D eigenvalue weighted by atomic mass is 35.5. The second-order valence-electron chi connectivity index (χ2n) is 3.16. The van der Waals surface area contributed by atoms with E-state index in [1.165, 1.54) is 0 Å². The van der Waals surface area contributed by atoms with Crippen molar-refractivity contribution in [2.45, 2.75) is 12.2 Å². The van der Waals surface area contributed by atoms with Crippen molar-refractivity contribution >= 4 is 17.6 Å². The molecule has 0 aromatic carbocycles. The van der Waals surface area contributed by atoms with Crippen molar-refractivity contribution in [1.29, 1.82) is 0 Å². The summed E-state index contributed by atoms with van der Waals surface area (Å²) in [5, 5.41) is 0. The molecule has 9 heteroatoms. The number of pyridine rings is 1. The van der Waals surface area contributed by atoms with E-state index in [0.29, 0.717) is 6.20 Å². The number of nitrogens with zero attached hydrogens (tertiary/aromatic N) is 1. The molecule has 0 radical (unpaired) electrons. The molecular weight excluding hydrogens is 291 g/mol. The quantitative estimate of drug-likeness (QED) is 0.631. The normalized spacial score (nSPS) is 11.1. The highest BCUT2D eigenvalue weighted by Gasteiger charge is 2.34. The first-order valence-electron chi connectivity index (χ1n) is 4.80. The van der Waals surface area contributed by atoms with Gasteiger partial charge < -0.3 is 14.2 Å². The van der Waals surface area contributed by atoms with Crippen LogP contribution in [0.2, 0.25) is 0 Å². The minimum absolute atomic E-state index is 0.0437. The van der Waals surface area contributed by atoms with Crippen molar-refractivity contribution in [3.05, 3.63) is 17.5 Å². The smallest absolute Gasteiger partial charge is 0.492 e. The lowest BCUT2D eigenvalue weighted by molar-refractivity contribution is -0.275. The molecule has 0 fully saturated rings. The standard InChI is InChI=1S/C10H9ClF3NO4/c1-17-8-5(3-11)7(9(16)18-2)15-4-6(8)19-10(12,13)14/h4H,3H2,1-2H3. The number of hydrogen-bond acceptors (Lipinski definition) is 5. The van der Waals surface area contributed by atoms with E-state index in [-0.39, 0.29) is 22.9 Å². The van der Waals surface area contributed by atoms with Gasteiger partial charge in [-0.1, -0.05) is 0 Å². The van der Waals surface area contributed by atoms with Gasteiger partial charge in [-0.25, -0.2) is 9.78 Å².